The van der Waals surface area contributed by atoms with Gasteiger partial charge in [0.15, 0.2) is 0 Å². The summed E-state index contributed by atoms with van der Waals surface area (Å²) in [5, 5.41) is 18.1. The average molecular weight is 285 g/mol. The molecule has 0 bridgehead atoms. The predicted molar refractivity (Wildman–Crippen MR) is 87.5 cm³/mol. The molecule has 0 saturated carbocycles. The lowest BCUT2D eigenvalue weighted by Gasteiger charge is -2.36. The minimum absolute atomic E-state index is 0.308. The predicted octanol–water partition coefficient (Wildman–Crippen LogP) is 2.79. The van der Waals surface area contributed by atoms with Crippen LogP contribution in [0.3, 0.4) is 0 Å². The van der Waals surface area contributed by atoms with Crippen LogP contribution in [0.1, 0.15) is 66.2 Å². The fourth-order valence-electron chi connectivity index (χ4n) is 2.54. The minimum atomic E-state index is -0.662. The Labute approximate surface area is 125 Å². The second kappa shape index (κ2) is 9.48. The van der Waals surface area contributed by atoms with E-state index in [-0.39, 0.29) is 0 Å². The van der Waals surface area contributed by atoms with E-state index >= 15 is 0 Å². The molecule has 0 aliphatic heterocycles. The molecule has 0 aliphatic rings. The molecule has 0 radical (unpaired) electrons. The summed E-state index contributed by atoms with van der Waals surface area (Å²) in [6.07, 6.45) is 4.95. The molecule has 0 rings (SSSR count). The zero-order valence-electron chi connectivity index (χ0n) is 14.1. The van der Waals surface area contributed by atoms with Gasteiger partial charge < -0.3 is 21.1 Å². The molecular weight excluding hydrogens is 250 g/mol. The van der Waals surface area contributed by atoms with Gasteiger partial charge in [0.2, 0.25) is 0 Å². The highest BCUT2D eigenvalue weighted by molar-refractivity contribution is 5.79. The van der Waals surface area contributed by atoms with Crippen LogP contribution >= 0.6 is 0 Å². The maximum absolute atomic E-state index is 10.5. The standard InChI is InChI=1S/C16H35N3O/c1-6-8-9-10-19(5)14(4)11-15(20)16(18,7-2)12-13(3)17/h14-15,17,20H,6-12,18H2,1-5H3. The smallest absolute Gasteiger partial charge is 0.0738 e. The van der Waals surface area contributed by atoms with Crippen LogP contribution in [0.5, 0.6) is 0 Å². The molecule has 0 saturated heterocycles. The van der Waals surface area contributed by atoms with E-state index in [2.05, 4.69) is 25.8 Å². The van der Waals surface area contributed by atoms with E-state index in [4.69, 9.17) is 11.1 Å². The summed E-state index contributed by atoms with van der Waals surface area (Å²) >= 11 is 0. The Hall–Kier alpha value is -0.450. The second-order valence-electron chi connectivity index (χ2n) is 6.33. The van der Waals surface area contributed by atoms with Gasteiger partial charge in [-0.05, 0) is 46.7 Å². The SMILES string of the molecule is CCCCCN(C)C(C)CC(O)C(N)(CC)CC(C)=N. The monoisotopic (exact) mass is 285 g/mol. The van der Waals surface area contributed by atoms with Gasteiger partial charge in [0.25, 0.3) is 0 Å². The molecular formula is C16H35N3O. The van der Waals surface area contributed by atoms with Gasteiger partial charge in [0.05, 0.1) is 6.10 Å². The van der Waals surface area contributed by atoms with Crippen LogP contribution in [0.15, 0.2) is 0 Å². The summed E-state index contributed by atoms with van der Waals surface area (Å²) < 4.78 is 0. The first-order valence-corrected chi connectivity index (χ1v) is 7.98. The van der Waals surface area contributed by atoms with Crippen molar-refractivity contribution in [2.45, 2.75) is 83.9 Å². The number of aliphatic hydroxyl groups excluding tert-OH is 1. The van der Waals surface area contributed by atoms with Crippen molar-refractivity contribution in [1.82, 2.24) is 4.90 Å². The highest BCUT2D eigenvalue weighted by Gasteiger charge is 2.33. The van der Waals surface area contributed by atoms with Crippen molar-refractivity contribution in [3.8, 4) is 0 Å². The molecule has 0 amide bonds. The molecule has 120 valence electrons. The van der Waals surface area contributed by atoms with Gasteiger partial charge in [0.1, 0.15) is 0 Å². The van der Waals surface area contributed by atoms with Crippen molar-refractivity contribution in [2.75, 3.05) is 13.6 Å². The van der Waals surface area contributed by atoms with E-state index in [1.165, 1.54) is 19.3 Å². The molecule has 0 aromatic carbocycles. The van der Waals surface area contributed by atoms with E-state index < -0.39 is 11.6 Å². The maximum atomic E-state index is 10.5. The van der Waals surface area contributed by atoms with Crippen molar-refractivity contribution in [3.05, 3.63) is 0 Å². The van der Waals surface area contributed by atoms with Crippen molar-refractivity contribution < 1.29 is 5.11 Å². The molecule has 0 aromatic heterocycles. The van der Waals surface area contributed by atoms with Crippen LogP contribution in [0.4, 0.5) is 0 Å². The first-order valence-electron chi connectivity index (χ1n) is 7.98. The molecule has 0 aromatic rings. The second-order valence-corrected chi connectivity index (χ2v) is 6.33. The normalized spacial score (nSPS) is 17.8. The average Bonchev–Trinajstić information content (AvgIpc) is 2.37. The first-order chi connectivity index (χ1) is 9.26. The third-order valence-corrected chi connectivity index (χ3v) is 4.35. The number of hydrogen-bond acceptors (Lipinski definition) is 4. The largest absolute Gasteiger partial charge is 0.391 e. The van der Waals surface area contributed by atoms with Crippen LogP contribution in [-0.2, 0) is 0 Å². The number of unbranched alkanes of at least 4 members (excludes halogenated alkanes) is 2. The molecule has 4 nitrogen and oxygen atoms in total. The Balaban J connectivity index is 4.40. The molecule has 4 heteroatoms. The molecule has 3 atom stereocenters. The van der Waals surface area contributed by atoms with Gasteiger partial charge in [-0.15, -0.1) is 0 Å². The number of nitrogens with one attached hydrogen (secondary N) is 1. The fraction of sp³-hybridized carbons (Fsp3) is 0.938. The molecule has 0 spiro atoms. The number of nitrogens with two attached hydrogens (primary N) is 1. The Morgan fingerprint density at radius 3 is 2.40 bits per heavy atom. The van der Waals surface area contributed by atoms with E-state index in [1.807, 2.05) is 6.92 Å². The summed E-state index contributed by atoms with van der Waals surface area (Å²) in [6.45, 7) is 9.15. The van der Waals surface area contributed by atoms with Crippen LogP contribution in [0.25, 0.3) is 0 Å². The number of aliphatic hydroxyl groups is 1. The molecule has 4 N–H and O–H groups in total. The molecule has 0 heterocycles. The Morgan fingerprint density at radius 1 is 1.35 bits per heavy atom. The van der Waals surface area contributed by atoms with E-state index in [0.717, 1.165) is 6.54 Å². The van der Waals surface area contributed by atoms with Gasteiger partial charge in [-0.25, -0.2) is 0 Å². The molecule has 0 fully saturated rings. The minimum Gasteiger partial charge on any atom is -0.391 e. The lowest BCUT2D eigenvalue weighted by atomic mass is 9.82. The van der Waals surface area contributed by atoms with Crippen LogP contribution in [-0.4, -0.2) is 47.0 Å². The molecule has 20 heavy (non-hydrogen) atoms. The summed E-state index contributed by atoms with van der Waals surface area (Å²) in [5.74, 6) is 0. The third-order valence-electron chi connectivity index (χ3n) is 4.35. The summed E-state index contributed by atoms with van der Waals surface area (Å²) in [7, 11) is 2.11. The third kappa shape index (κ3) is 6.82. The number of hydrogen-bond donors (Lipinski definition) is 3. The zero-order valence-corrected chi connectivity index (χ0v) is 14.1. The number of rotatable bonds is 11. The van der Waals surface area contributed by atoms with Crippen LogP contribution < -0.4 is 5.73 Å². The molecule has 3 unspecified atom stereocenters. The van der Waals surface area contributed by atoms with E-state index in [1.54, 1.807) is 6.92 Å². The molecule has 0 aliphatic carbocycles. The van der Waals surface area contributed by atoms with Crippen molar-refractivity contribution in [3.63, 3.8) is 0 Å². The van der Waals surface area contributed by atoms with Gasteiger partial charge >= 0.3 is 0 Å². The Kier molecular flexibility index (Phi) is 9.27. The highest BCUT2D eigenvalue weighted by atomic mass is 16.3. The summed E-state index contributed by atoms with van der Waals surface area (Å²) in [6, 6.07) is 0.308. The summed E-state index contributed by atoms with van der Waals surface area (Å²) in [4.78, 5) is 2.30. The topological polar surface area (TPSA) is 73.3 Å². The van der Waals surface area contributed by atoms with Crippen molar-refractivity contribution in [2.24, 2.45) is 5.73 Å². The van der Waals surface area contributed by atoms with E-state index in [0.29, 0.717) is 31.0 Å². The number of nitrogens with zero attached hydrogens (tertiary/aromatic N) is 1. The van der Waals surface area contributed by atoms with Gasteiger partial charge in [-0.3, -0.25) is 0 Å². The van der Waals surface area contributed by atoms with Crippen molar-refractivity contribution >= 4 is 5.71 Å². The zero-order chi connectivity index (χ0) is 15.8. The van der Waals surface area contributed by atoms with Gasteiger partial charge in [0, 0.05) is 23.7 Å². The Morgan fingerprint density at radius 2 is 1.95 bits per heavy atom. The van der Waals surface area contributed by atoms with E-state index in [9.17, 15) is 5.11 Å². The van der Waals surface area contributed by atoms with Gasteiger partial charge in [-0.1, -0.05) is 26.7 Å². The highest BCUT2D eigenvalue weighted by Crippen LogP contribution is 2.22. The lowest BCUT2D eigenvalue weighted by Crippen LogP contribution is -2.53. The summed E-state index contributed by atoms with van der Waals surface area (Å²) in [5.41, 5.74) is 6.18. The Bertz CT molecular complexity index is 283. The van der Waals surface area contributed by atoms with Crippen LogP contribution in [0.2, 0.25) is 0 Å². The maximum Gasteiger partial charge on any atom is 0.0738 e. The quantitative estimate of drug-likeness (QED) is 0.404. The van der Waals surface area contributed by atoms with Crippen LogP contribution in [0, 0.1) is 5.41 Å². The first kappa shape index (κ1) is 19.6. The van der Waals surface area contributed by atoms with Gasteiger partial charge in [-0.2, -0.15) is 0 Å². The fourth-order valence-corrected chi connectivity index (χ4v) is 2.54. The van der Waals surface area contributed by atoms with Crippen molar-refractivity contribution in [1.29, 1.82) is 5.41 Å². The lowest BCUT2D eigenvalue weighted by molar-refractivity contribution is 0.0519.